The molecule has 3 aliphatic heterocycles. The normalized spacial score (nSPS) is 26.0. The van der Waals surface area contributed by atoms with Crippen LogP contribution in [-0.4, -0.2) is 89.3 Å². The lowest BCUT2D eigenvalue weighted by Gasteiger charge is -2.54. The van der Waals surface area contributed by atoms with Crippen molar-refractivity contribution in [3.63, 3.8) is 0 Å². The minimum Gasteiger partial charge on any atom is -0.376 e. The summed E-state index contributed by atoms with van der Waals surface area (Å²) in [5.74, 6) is -0.572. The van der Waals surface area contributed by atoms with Gasteiger partial charge in [0.2, 0.25) is 11.8 Å². The van der Waals surface area contributed by atoms with Gasteiger partial charge in [-0.3, -0.25) is 9.59 Å². The Morgan fingerprint density at radius 3 is 2.67 bits per heavy atom. The topological polar surface area (TPSA) is 85.4 Å². The first-order valence-electron chi connectivity index (χ1n) is 11.6. The van der Waals surface area contributed by atoms with E-state index in [1.807, 2.05) is 6.92 Å². The largest absolute Gasteiger partial charge is 0.376 e. The highest BCUT2D eigenvalue weighted by molar-refractivity contribution is 5.91. The molecule has 1 unspecified atom stereocenters. The zero-order valence-electron chi connectivity index (χ0n) is 19.2. The number of urea groups is 1. The average Bonchev–Trinajstić information content (AvgIpc) is 3.29. The molecule has 180 valence electrons. The number of nitrogens with one attached hydrogen (secondary N) is 1. The highest BCUT2D eigenvalue weighted by atomic mass is 19.1. The number of ether oxygens (including phenoxy) is 1. The van der Waals surface area contributed by atoms with Crippen LogP contribution in [0.3, 0.4) is 0 Å². The highest BCUT2D eigenvalue weighted by Gasteiger charge is 2.50. The third kappa shape index (κ3) is 4.96. The molecule has 0 spiro atoms. The van der Waals surface area contributed by atoms with Crippen LogP contribution in [0.25, 0.3) is 0 Å². The molecule has 1 aromatic rings. The van der Waals surface area contributed by atoms with Crippen molar-refractivity contribution in [2.75, 3.05) is 33.3 Å². The minimum atomic E-state index is -0.597. The smallest absolute Gasteiger partial charge is 0.334 e. The SMILES string of the molecule is CCC[C@H]1C(=O)N(CC2CCCO2)C[C@H]2N1C(=O)CN(C)N2C(=O)NCc1ccc(F)cc1. The second kappa shape index (κ2) is 10.0. The second-order valence-corrected chi connectivity index (χ2v) is 8.91. The highest BCUT2D eigenvalue weighted by Crippen LogP contribution is 2.29. The predicted octanol–water partition coefficient (Wildman–Crippen LogP) is 1.54. The molecule has 0 saturated carbocycles. The van der Waals surface area contributed by atoms with Crippen LogP contribution >= 0.6 is 0 Å². The first-order chi connectivity index (χ1) is 15.9. The van der Waals surface area contributed by atoms with Crippen molar-refractivity contribution < 1.29 is 23.5 Å². The average molecular weight is 462 g/mol. The molecule has 0 aliphatic carbocycles. The van der Waals surface area contributed by atoms with Crippen LogP contribution in [-0.2, 0) is 20.9 Å². The number of hydrogen-bond acceptors (Lipinski definition) is 5. The van der Waals surface area contributed by atoms with Crippen molar-refractivity contribution in [3.8, 4) is 0 Å². The van der Waals surface area contributed by atoms with Crippen molar-refractivity contribution in [2.24, 2.45) is 0 Å². The lowest BCUT2D eigenvalue weighted by Crippen LogP contribution is -2.76. The number of halogens is 1. The van der Waals surface area contributed by atoms with Gasteiger partial charge in [0, 0.05) is 26.7 Å². The summed E-state index contributed by atoms with van der Waals surface area (Å²) >= 11 is 0. The molecule has 9 nitrogen and oxygen atoms in total. The molecule has 3 heterocycles. The van der Waals surface area contributed by atoms with Crippen LogP contribution in [0, 0.1) is 5.82 Å². The van der Waals surface area contributed by atoms with Gasteiger partial charge < -0.3 is 19.9 Å². The number of carbonyl (C=O) groups excluding carboxylic acids is 3. The summed E-state index contributed by atoms with van der Waals surface area (Å²) in [5.41, 5.74) is 0.764. The van der Waals surface area contributed by atoms with Gasteiger partial charge in [-0.2, -0.15) is 0 Å². The Hall–Kier alpha value is -2.72. The number of piperazine rings is 1. The molecule has 3 atom stereocenters. The van der Waals surface area contributed by atoms with Crippen molar-refractivity contribution >= 4 is 17.8 Å². The van der Waals surface area contributed by atoms with Crippen LogP contribution in [0.5, 0.6) is 0 Å². The van der Waals surface area contributed by atoms with Crippen LogP contribution < -0.4 is 5.32 Å². The van der Waals surface area contributed by atoms with E-state index in [-0.39, 0.29) is 49.4 Å². The van der Waals surface area contributed by atoms with Crippen LogP contribution in [0.1, 0.15) is 38.2 Å². The van der Waals surface area contributed by atoms with E-state index in [0.29, 0.717) is 19.6 Å². The van der Waals surface area contributed by atoms with E-state index in [1.54, 1.807) is 34.0 Å². The fourth-order valence-corrected chi connectivity index (χ4v) is 4.91. The molecule has 3 fully saturated rings. The van der Waals surface area contributed by atoms with E-state index in [2.05, 4.69) is 5.32 Å². The molecule has 3 aliphatic rings. The number of hydrazine groups is 1. The number of nitrogens with zero attached hydrogens (tertiary/aromatic N) is 4. The van der Waals surface area contributed by atoms with Crippen LogP contribution in [0.2, 0.25) is 0 Å². The standard InChI is InChI=1S/C23H32FN5O4/c1-3-5-19-22(31)27(13-18-6-4-11-33-18)14-20-28(19)21(30)15-26(2)29(20)23(32)25-12-16-7-9-17(24)10-8-16/h7-10,18-20H,3-6,11-15H2,1-2H3,(H,25,32)/t18?,19-,20-/m0/s1. The van der Waals surface area contributed by atoms with E-state index in [1.165, 1.54) is 17.1 Å². The minimum absolute atomic E-state index is 0.0134. The fourth-order valence-electron chi connectivity index (χ4n) is 4.91. The summed E-state index contributed by atoms with van der Waals surface area (Å²) in [5, 5.41) is 6.00. The number of likely N-dealkylation sites (N-methyl/N-ethyl adjacent to an activating group) is 1. The van der Waals surface area contributed by atoms with Gasteiger partial charge in [-0.1, -0.05) is 25.5 Å². The Morgan fingerprint density at radius 1 is 1.24 bits per heavy atom. The molecule has 1 N–H and O–H groups in total. The monoisotopic (exact) mass is 461 g/mol. The third-order valence-corrected chi connectivity index (χ3v) is 6.51. The number of hydrogen-bond donors (Lipinski definition) is 1. The van der Waals surface area contributed by atoms with Crippen LogP contribution in [0.15, 0.2) is 24.3 Å². The summed E-state index contributed by atoms with van der Waals surface area (Å²) in [6.07, 6.45) is 2.54. The lowest BCUT2D eigenvalue weighted by atomic mass is 10.0. The van der Waals surface area contributed by atoms with Gasteiger partial charge in [-0.25, -0.2) is 19.2 Å². The first kappa shape index (κ1) is 23.4. The summed E-state index contributed by atoms with van der Waals surface area (Å²) in [6.45, 7) is 3.61. The number of benzene rings is 1. The number of amides is 4. The molecule has 3 saturated heterocycles. The third-order valence-electron chi connectivity index (χ3n) is 6.51. The van der Waals surface area contributed by atoms with Gasteiger partial charge in [0.15, 0.2) is 0 Å². The Kier molecular flexibility index (Phi) is 7.14. The van der Waals surface area contributed by atoms with Gasteiger partial charge >= 0.3 is 6.03 Å². The zero-order chi connectivity index (χ0) is 23.5. The number of rotatable bonds is 6. The fraction of sp³-hybridized carbons (Fsp3) is 0.609. The Labute approximate surface area is 193 Å². The molecule has 33 heavy (non-hydrogen) atoms. The Bertz CT molecular complexity index is 876. The van der Waals surface area contributed by atoms with Crippen molar-refractivity contribution in [3.05, 3.63) is 35.6 Å². The molecular formula is C23H32FN5O4. The lowest BCUT2D eigenvalue weighted by molar-refractivity contribution is -0.188. The van der Waals surface area contributed by atoms with Gasteiger partial charge in [0.25, 0.3) is 0 Å². The van der Waals surface area contributed by atoms with E-state index in [9.17, 15) is 18.8 Å². The molecule has 4 rings (SSSR count). The second-order valence-electron chi connectivity index (χ2n) is 8.91. The van der Waals surface area contributed by atoms with Gasteiger partial charge in [0.1, 0.15) is 18.0 Å². The molecular weight excluding hydrogens is 429 g/mol. The quantitative estimate of drug-likeness (QED) is 0.695. The molecule has 10 heteroatoms. The maximum absolute atomic E-state index is 13.3. The number of fused-ring (bicyclic) bond motifs is 1. The Balaban J connectivity index is 1.54. The molecule has 0 aromatic heterocycles. The van der Waals surface area contributed by atoms with Gasteiger partial charge in [0.05, 0.1) is 19.2 Å². The molecule has 0 bridgehead atoms. The zero-order valence-corrected chi connectivity index (χ0v) is 19.2. The van der Waals surface area contributed by atoms with Crippen molar-refractivity contribution in [2.45, 2.75) is 57.5 Å². The van der Waals surface area contributed by atoms with Crippen LogP contribution in [0.4, 0.5) is 9.18 Å². The maximum Gasteiger partial charge on any atom is 0.334 e. The van der Waals surface area contributed by atoms with E-state index in [4.69, 9.17) is 4.74 Å². The summed E-state index contributed by atoms with van der Waals surface area (Å²) in [7, 11) is 1.70. The molecule has 0 radical (unpaired) electrons. The van der Waals surface area contributed by atoms with E-state index < -0.39 is 12.2 Å². The van der Waals surface area contributed by atoms with Crippen molar-refractivity contribution in [1.29, 1.82) is 0 Å². The van der Waals surface area contributed by atoms with Gasteiger partial charge in [-0.15, -0.1) is 0 Å². The number of carbonyl (C=O) groups is 3. The van der Waals surface area contributed by atoms with E-state index >= 15 is 0 Å². The Morgan fingerprint density at radius 2 is 2.00 bits per heavy atom. The summed E-state index contributed by atoms with van der Waals surface area (Å²) in [4.78, 5) is 42.9. The summed E-state index contributed by atoms with van der Waals surface area (Å²) in [6, 6.07) is 4.96. The first-order valence-corrected chi connectivity index (χ1v) is 11.6. The van der Waals surface area contributed by atoms with Crippen molar-refractivity contribution in [1.82, 2.24) is 25.1 Å². The maximum atomic E-state index is 13.3. The van der Waals surface area contributed by atoms with Gasteiger partial charge in [-0.05, 0) is 37.0 Å². The summed E-state index contributed by atoms with van der Waals surface area (Å²) < 4.78 is 18.9. The predicted molar refractivity (Wildman–Crippen MR) is 118 cm³/mol. The molecule has 4 amide bonds. The van der Waals surface area contributed by atoms with E-state index in [0.717, 1.165) is 24.8 Å². The molecule has 1 aromatic carbocycles.